The van der Waals surface area contributed by atoms with Crippen LogP contribution in [0, 0.1) is 11.7 Å². The molecule has 2 atom stereocenters. The fourth-order valence-corrected chi connectivity index (χ4v) is 6.12. The number of rotatable bonds is 6. The Morgan fingerprint density at radius 3 is 2.43 bits per heavy atom. The lowest BCUT2D eigenvalue weighted by molar-refractivity contribution is -0.140. The van der Waals surface area contributed by atoms with Gasteiger partial charge in [0.2, 0.25) is 26.0 Å². The summed E-state index contributed by atoms with van der Waals surface area (Å²) < 4.78 is 65.7. The van der Waals surface area contributed by atoms with E-state index in [4.69, 9.17) is 0 Å². The van der Waals surface area contributed by atoms with Crippen LogP contribution in [0.1, 0.15) is 32.1 Å². The highest BCUT2D eigenvalue weighted by atomic mass is 32.2. The molecule has 2 unspecified atom stereocenters. The van der Waals surface area contributed by atoms with Crippen molar-refractivity contribution < 1.29 is 26.0 Å². The molecule has 30 heavy (non-hydrogen) atoms. The number of hydrogen-bond acceptors (Lipinski definition) is 5. The smallest absolute Gasteiger partial charge is 0.243 e. The van der Waals surface area contributed by atoms with Crippen molar-refractivity contribution in [3.63, 3.8) is 0 Å². The lowest BCUT2D eigenvalue weighted by Gasteiger charge is -2.40. The average molecular weight is 462 g/mol. The van der Waals surface area contributed by atoms with Crippen LogP contribution in [0.25, 0.3) is 0 Å². The molecule has 2 heterocycles. The third-order valence-electron chi connectivity index (χ3n) is 5.68. The number of benzene rings is 1. The molecule has 2 aliphatic heterocycles. The molecule has 11 heteroatoms. The molecule has 2 fully saturated rings. The number of piperidine rings is 2. The predicted molar refractivity (Wildman–Crippen MR) is 110 cm³/mol. The van der Waals surface area contributed by atoms with E-state index < -0.39 is 31.8 Å². The van der Waals surface area contributed by atoms with Gasteiger partial charge in [0.1, 0.15) is 5.82 Å². The summed E-state index contributed by atoms with van der Waals surface area (Å²) in [5, 5.41) is 0. The Bertz CT molecular complexity index is 966. The zero-order valence-corrected chi connectivity index (χ0v) is 18.6. The van der Waals surface area contributed by atoms with Crippen LogP contribution in [-0.4, -0.2) is 70.4 Å². The minimum Gasteiger partial charge on any atom is -0.338 e. The summed E-state index contributed by atoms with van der Waals surface area (Å²) in [5.41, 5.74) is 0. The minimum atomic E-state index is -3.81. The van der Waals surface area contributed by atoms with Gasteiger partial charge in [-0.05, 0) is 56.4 Å². The maximum absolute atomic E-state index is 13.2. The Labute approximate surface area is 177 Å². The summed E-state index contributed by atoms with van der Waals surface area (Å²) in [6.45, 7) is 1.08. The molecule has 1 aromatic carbocycles. The van der Waals surface area contributed by atoms with Crippen molar-refractivity contribution in [3.05, 3.63) is 30.1 Å². The van der Waals surface area contributed by atoms with Gasteiger partial charge < -0.3 is 4.90 Å². The summed E-state index contributed by atoms with van der Waals surface area (Å²) in [4.78, 5) is 14.9. The number of hydrogen-bond donors (Lipinski definition) is 1. The van der Waals surface area contributed by atoms with Crippen LogP contribution < -0.4 is 4.72 Å². The molecule has 1 amide bonds. The highest BCUT2D eigenvalue weighted by molar-refractivity contribution is 7.89. The van der Waals surface area contributed by atoms with E-state index in [1.54, 1.807) is 4.90 Å². The van der Waals surface area contributed by atoms with E-state index in [-0.39, 0.29) is 29.9 Å². The van der Waals surface area contributed by atoms with E-state index >= 15 is 0 Å². The summed E-state index contributed by atoms with van der Waals surface area (Å²) >= 11 is 0. The van der Waals surface area contributed by atoms with Crippen molar-refractivity contribution in [1.82, 2.24) is 13.9 Å². The standard InChI is InChI=1S/C19H28FN3O5S2/c1-29(25,26)21-13-17-6-2-3-12-23(17)19(24)15-5-4-11-22(14-15)30(27,28)18-9-7-16(20)8-10-18/h7-10,15,17,21H,2-6,11-14H2,1H3. The lowest BCUT2D eigenvalue weighted by atomic mass is 9.94. The first-order chi connectivity index (χ1) is 14.1. The van der Waals surface area contributed by atoms with E-state index in [2.05, 4.69) is 4.72 Å². The molecule has 168 valence electrons. The number of sulfonamides is 2. The van der Waals surface area contributed by atoms with Gasteiger partial charge in [0.15, 0.2) is 0 Å². The van der Waals surface area contributed by atoms with Gasteiger partial charge in [-0.25, -0.2) is 25.9 Å². The third-order valence-corrected chi connectivity index (χ3v) is 8.25. The van der Waals surface area contributed by atoms with Crippen molar-refractivity contribution in [1.29, 1.82) is 0 Å². The van der Waals surface area contributed by atoms with Crippen LogP contribution in [0.3, 0.4) is 0 Å². The topological polar surface area (TPSA) is 104 Å². The number of carbonyl (C=O) groups excluding carboxylic acids is 1. The molecular weight excluding hydrogens is 433 g/mol. The Balaban J connectivity index is 1.72. The second kappa shape index (κ2) is 9.29. The van der Waals surface area contributed by atoms with Gasteiger partial charge in [-0.3, -0.25) is 4.79 Å². The summed E-state index contributed by atoms with van der Waals surface area (Å²) in [6, 6.07) is 4.44. The normalized spacial score (nSPS) is 24.0. The Morgan fingerprint density at radius 2 is 1.77 bits per heavy atom. The number of nitrogens with zero attached hydrogens (tertiary/aromatic N) is 2. The highest BCUT2D eigenvalue weighted by Crippen LogP contribution is 2.27. The van der Waals surface area contributed by atoms with E-state index in [0.29, 0.717) is 32.4 Å². The van der Waals surface area contributed by atoms with Crippen LogP contribution >= 0.6 is 0 Å². The first kappa shape index (κ1) is 23.1. The molecule has 0 aliphatic carbocycles. The average Bonchev–Trinajstić information content (AvgIpc) is 2.72. The molecule has 0 aromatic heterocycles. The summed E-state index contributed by atoms with van der Waals surface area (Å²) in [5.74, 6) is -1.12. The van der Waals surface area contributed by atoms with Crippen molar-refractivity contribution in [3.8, 4) is 0 Å². The van der Waals surface area contributed by atoms with Crippen LogP contribution in [0.5, 0.6) is 0 Å². The van der Waals surface area contributed by atoms with Crippen molar-refractivity contribution in [2.75, 3.05) is 32.4 Å². The quantitative estimate of drug-likeness (QED) is 0.685. The Morgan fingerprint density at radius 1 is 1.07 bits per heavy atom. The van der Waals surface area contributed by atoms with Gasteiger partial charge >= 0.3 is 0 Å². The van der Waals surface area contributed by atoms with E-state index in [9.17, 15) is 26.0 Å². The number of nitrogens with one attached hydrogen (secondary N) is 1. The van der Waals surface area contributed by atoms with Gasteiger partial charge in [0.05, 0.1) is 17.1 Å². The van der Waals surface area contributed by atoms with Crippen LogP contribution in [-0.2, 0) is 24.8 Å². The Kier molecular flexibility index (Phi) is 7.16. The summed E-state index contributed by atoms with van der Waals surface area (Å²) in [6.07, 6.45) is 4.68. The number of carbonyl (C=O) groups is 1. The third kappa shape index (κ3) is 5.57. The van der Waals surface area contributed by atoms with E-state index in [0.717, 1.165) is 31.2 Å². The monoisotopic (exact) mass is 461 g/mol. The Hall–Kier alpha value is -1.56. The van der Waals surface area contributed by atoms with Crippen molar-refractivity contribution in [2.45, 2.75) is 43.0 Å². The first-order valence-electron chi connectivity index (χ1n) is 10.1. The molecule has 0 bridgehead atoms. The first-order valence-corrected chi connectivity index (χ1v) is 13.4. The van der Waals surface area contributed by atoms with Crippen LogP contribution in [0.15, 0.2) is 29.2 Å². The second-order valence-corrected chi connectivity index (χ2v) is 11.7. The van der Waals surface area contributed by atoms with Gasteiger partial charge in [-0.2, -0.15) is 4.31 Å². The number of likely N-dealkylation sites (tertiary alicyclic amines) is 1. The van der Waals surface area contributed by atoms with Gasteiger partial charge in [0, 0.05) is 32.2 Å². The van der Waals surface area contributed by atoms with Crippen LogP contribution in [0.2, 0.25) is 0 Å². The van der Waals surface area contributed by atoms with E-state index in [1.807, 2.05) is 0 Å². The number of halogens is 1. The van der Waals surface area contributed by atoms with Crippen LogP contribution in [0.4, 0.5) is 4.39 Å². The van der Waals surface area contributed by atoms with E-state index in [1.165, 1.54) is 16.4 Å². The zero-order valence-electron chi connectivity index (χ0n) is 17.0. The SMILES string of the molecule is CS(=O)(=O)NCC1CCCCN1C(=O)C1CCCN(S(=O)(=O)c2ccc(F)cc2)C1. The molecule has 0 spiro atoms. The highest BCUT2D eigenvalue weighted by Gasteiger charge is 2.37. The molecule has 0 saturated carbocycles. The fourth-order valence-electron chi connectivity index (χ4n) is 4.10. The summed E-state index contributed by atoms with van der Waals surface area (Å²) in [7, 11) is -7.18. The molecule has 1 aromatic rings. The van der Waals surface area contributed by atoms with Gasteiger partial charge in [0.25, 0.3) is 0 Å². The number of amides is 1. The van der Waals surface area contributed by atoms with Gasteiger partial charge in [-0.1, -0.05) is 0 Å². The molecular formula is C19H28FN3O5S2. The second-order valence-electron chi connectivity index (χ2n) is 7.96. The van der Waals surface area contributed by atoms with Gasteiger partial charge in [-0.15, -0.1) is 0 Å². The fraction of sp³-hybridized carbons (Fsp3) is 0.632. The lowest BCUT2D eigenvalue weighted by Crippen LogP contribution is -2.53. The largest absolute Gasteiger partial charge is 0.338 e. The maximum Gasteiger partial charge on any atom is 0.243 e. The molecule has 8 nitrogen and oxygen atoms in total. The van der Waals surface area contributed by atoms with Crippen molar-refractivity contribution >= 4 is 26.0 Å². The molecule has 1 N–H and O–H groups in total. The maximum atomic E-state index is 13.2. The molecule has 2 aliphatic rings. The molecule has 2 saturated heterocycles. The minimum absolute atomic E-state index is 0.00482. The zero-order chi connectivity index (χ0) is 21.9. The predicted octanol–water partition coefficient (Wildman–Crippen LogP) is 1.16. The molecule has 0 radical (unpaired) electrons. The molecule has 3 rings (SSSR count). The van der Waals surface area contributed by atoms with Crippen molar-refractivity contribution in [2.24, 2.45) is 5.92 Å².